The van der Waals surface area contributed by atoms with Gasteiger partial charge in [-0.1, -0.05) is 39.0 Å². The van der Waals surface area contributed by atoms with E-state index in [1.165, 1.54) is 51.1 Å². The van der Waals surface area contributed by atoms with Crippen LogP contribution in [0, 0.1) is 17.7 Å². The van der Waals surface area contributed by atoms with Crippen LogP contribution < -0.4 is 11.3 Å². The molecule has 1 aliphatic carbocycles. The Morgan fingerprint density at radius 2 is 2.10 bits per heavy atom. The molecule has 0 radical (unpaired) electrons. The fraction of sp³-hybridized carbons (Fsp3) is 0.688. The molecule has 1 atom stereocenters. The smallest absolute Gasteiger partial charge is 0.141 e. The minimum Gasteiger partial charge on any atom is -0.271 e. The van der Waals surface area contributed by atoms with E-state index < -0.39 is 0 Å². The molecular formula is C16H26FN3. The summed E-state index contributed by atoms with van der Waals surface area (Å²) in [5, 5.41) is 0. The lowest BCUT2D eigenvalue weighted by Gasteiger charge is -2.33. The molecule has 4 heteroatoms. The predicted molar refractivity (Wildman–Crippen MR) is 79.2 cm³/mol. The topological polar surface area (TPSA) is 50.9 Å². The van der Waals surface area contributed by atoms with Crippen molar-refractivity contribution in [3.8, 4) is 0 Å². The van der Waals surface area contributed by atoms with Crippen molar-refractivity contribution in [3.63, 3.8) is 0 Å². The van der Waals surface area contributed by atoms with Crippen molar-refractivity contribution in [3.05, 3.63) is 29.8 Å². The van der Waals surface area contributed by atoms with E-state index in [1.54, 1.807) is 12.3 Å². The molecule has 1 aromatic heterocycles. The van der Waals surface area contributed by atoms with Gasteiger partial charge in [-0.15, -0.1) is 0 Å². The van der Waals surface area contributed by atoms with E-state index in [9.17, 15) is 4.39 Å². The summed E-state index contributed by atoms with van der Waals surface area (Å²) in [6.07, 6.45) is 11.8. The summed E-state index contributed by atoms with van der Waals surface area (Å²) in [7, 11) is 0. The number of hydrogen-bond acceptors (Lipinski definition) is 3. The summed E-state index contributed by atoms with van der Waals surface area (Å²) in [6, 6.07) is 1.56. The highest BCUT2D eigenvalue weighted by Crippen LogP contribution is 2.38. The second kappa shape index (κ2) is 7.70. The Morgan fingerprint density at radius 3 is 2.70 bits per heavy atom. The van der Waals surface area contributed by atoms with Crippen LogP contribution in [0.5, 0.6) is 0 Å². The van der Waals surface area contributed by atoms with Crippen molar-refractivity contribution in [2.75, 3.05) is 0 Å². The maximum Gasteiger partial charge on any atom is 0.141 e. The van der Waals surface area contributed by atoms with Gasteiger partial charge in [0.2, 0.25) is 0 Å². The average molecular weight is 279 g/mol. The van der Waals surface area contributed by atoms with Gasteiger partial charge in [0.15, 0.2) is 0 Å². The predicted octanol–water partition coefficient (Wildman–Crippen LogP) is 3.72. The molecule has 1 heterocycles. The van der Waals surface area contributed by atoms with Gasteiger partial charge in [0.25, 0.3) is 0 Å². The quantitative estimate of drug-likeness (QED) is 0.616. The molecule has 112 valence electrons. The first kappa shape index (κ1) is 15.4. The van der Waals surface area contributed by atoms with Crippen molar-refractivity contribution in [1.82, 2.24) is 10.4 Å². The monoisotopic (exact) mass is 279 g/mol. The zero-order valence-corrected chi connectivity index (χ0v) is 12.3. The number of hydrogen-bond donors (Lipinski definition) is 2. The fourth-order valence-corrected chi connectivity index (χ4v) is 3.41. The number of rotatable bonds is 6. The maximum atomic E-state index is 13.3. The van der Waals surface area contributed by atoms with Gasteiger partial charge in [-0.05, 0) is 36.3 Å². The fourth-order valence-electron chi connectivity index (χ4n) is 3.41. The summed E-state index contributed by atoms with van der Waals surface area (Å²) in [5.41, 5.74) is 3.73. The molecule has 20 heavy (non-hydrogen) atoms. The third kappa shape index (κ3) is 4.00. The second-order valence-corrected chi connectivity index (χ2v) is 6.00. The summed E-state index contributed by atoms with van der Waals surface area (Å²) in [6.45, 7) is 2.25. The zero-order valence-electron chi connectivity index (χ0n) is 12.3. The summed E-state index contributed by atoms with van der Waals surface area (Å²) >= 11 is 0. The number of nitrogens with zero attached hydrogens (tertiary/aromatic N) is 1. The van der Waals surface area contributed by atoms with Crippen LogP contribution in [-0.4, -0.2) is 4.98 Å². The van der Waals surface area contributed by atoms with Crippen LogP contribution in [0.15, 0.2) is 18.5 Å². The second-order valence-electron chi connectivity index (χ2n) is 6.00. The molecule has 1 saturated carbocycles. The molecule has 0 bridgehead atoms. The molecule has 1 aromatic rings. The standard InChI is InChI=1S/C16H26FN3/c1-2-3-4-12-5-7-13(8-6-12)16(20-18)14-9-15(17)11-19-10-14/h9-13,16,20H,2-8,18H2,1H3. The van der Waals surface area contributed by atoms with Crippen molar-refractivity contribution in [2.24, 2.45) is 17.7 Å². The Balaban J connectivity index is 1.93. The van der Waals surface area contributed by atoms with E-state index in [-0.39, 0.29) is 11.9 Å². The lowest BCUT2D eigenvalue weighted by atomic mass is 9.75. The lowest BCUT2D eigenvalue weighted by Crippen LogP contribution is -2.35. The molecule has 0 amide bonds. The molecule has 0 spiro atoms. The Bertz CT molecular complexity index is 402. The van der Waals surface area contributed by atoms with Gasteiger partial charge in [0.1, 0.15) is 5.82 Å². The largest absolute Gasteiger partial charge is 0.271 e. The van der Waals surface area contributed by atoms with E-state index in [0.29, 0.717) is 5.92 Å². The number of nitrogens with two attached hydrogens (primary N) is 1. The van der Waals surface area contributed by atoms with Crippen LogP contribution in [0.2, 0.25) is 0 Å². The molecule has 2 rings (SSSR count). The molecule has 1 unspecified atom stereocenters. The normalized spacial score (nSPS) is 24.6. The van der Waals surface area contributed by atoms with Crippen LogP contribution >= 0.6 is 0 Å². The van der Waals surface area contributed by atoms with Gasteiger partial charge in [-0.25, -0.2) is 4.39 Å². The third-order valence-electron chi connectivity index (χ3n) is 4.59. The van der Waals surface area contributed by atoms with E-state index in [0.717, 1.165) is 11.5 Å². The number of unbranched alkanes of at least 4 members (excludes halogenated alkanes) is 1. The maximum absolute atomic E-state index is 13.3. The number of halogens is 1. The number of nitrogens with one attached hydrogen (secondary N) is 1. The number of hydrazine groups is 1. The molecule has 3 nitrogen and oxygen atoms in total. The van der Waals surface area contributed by atoms with Crippen LogP contribution in [0.3, 0.4) is 0 Å². The van der Waals surface area contributed by atoms with E-state index >= 15 is 0 Å². The Labute approximate surface area is 121 Å². The van der Waals surface area contributed by atoms with Gasteiger partial charge in [0, 0.05) is 6.20 Å². The Morgan fingerprint density at radius 1 is 1.35 bits per heavy atom. The summed E-state index contributed by atoms with van der Waals surface area (Å²) in [5.74, 6) is 6.77. The highest BCUT2D eigenvalue weighted by molar-refractivity contribution is 5.16. The first-order valence-corrected chi connectivity index (χ1v) is 7.81. The van der Waals surface area contributed by atoms with Crippen molar-refractivity contribution in [1.29, 1.82) is 0 Å². The molecule has 1 aliphatic rings. The van der Waals surface area contributed by atoms with Crippen LogP contribution in [0.1, 0.15) is 63.5 Å². The van der Waals surface area contributed by atoms with Gasteiger partial charge in [0.05, 0.1) is 12.2 Å². The van der Waals surface area contributed by atoms with E-state index in [1.807, 2.05) is 0 Å². The number of aromatic nitrogens is 1. The van der Waals surface area contributed by atoms with Crippen LogP contribution in [0.4, 0.5) is 4.39 Å². The van der Waals surface area contributed by atoms with Crippen molar-refractivity contribution >= 4 is 0 Å². The van der Waals surface area contributed by atoms with Crippen LogP contribution in [0.25, 0.3) is 0 Å². The molecule has 3 N–H and O–H groups in total. The van der Waals surface area contributed by atoms with E-state index in [2.05, 4.69) is 17.3 Å². The van der Waals surface area contributed by atoms with E-state index in [4.69, 9.17) is 5.84 Å². The summed E-state index contributed by atoms with van der Waals surface area (Å²) < 4.78 is 13.3. The first-order valence-electron chi connectivity index (χ1n) is 7.81. The summed E-state index contributed by atoms with van der Waals surface area (Å²) in [4.78, 5) is 3.93. The highest BCUT2D eigenvalue weighted by atomic mass is 19.1. The highest BCUT2D eigenvalue weighted by Gasteiger charge is 2.28. The van der Waals surface area contributed by atoms with Gasteiger partial charge in [-0.3, -0.25) is 16.3 Å². The first-order chi connectivity index (χ1) is 9.74. The van der Waals surface area contributed by atoms with Crippen molar-refractivity contribution < 1.29 is 4.39 Å². The SMILES string of the molecule is CCCCC1CCC(C(NN)c2cncc(F)c2)CC1. The third-order valence-corrected chi connectivity index (χ3v) is 4.59. The van der Waals surface area contributed by atoms with Crippen molar-refractivity contribution in [2.45, 2.75) is 57.9 Å². The molecule has 0 aliphatic heterocycles. The molecule has 0 aromatic carbocycles. The van der Waals surface area contributed by atoms with Gasteiger partial charge in [-0.2, -0.15) is 0 Å². The minimum atomic E-state index is -0.292. The Kier molecular flexibility index (Phi) is 5.92. The molecule has 0 saturated heterocycles. The zero-order chi connectivity index (χ0) is 14.4. The lowest BCUT2D eigenvalue weighted by molar-refractivity contribution is 0.213. The average Bonchev–Trinajstić information content (AvgIpc) is 2.47. The van der Waals surface area contributed by atoms with Gasteiger partial charge < -0.3 is 0 Å². The van der Waals surface area contributed by atoms with Crippen LogP contribution in [-0.2, 0) is 0 Å². The number of pyridine rings is 1. The molecular weight excluding hydrogens is 253 g/mol. The minimum absolute atomic E-state index is 0.0188. The Hall–Kier alpha value is -1.00. The molecule has 1 fully saturated rings. The van der Waals surface area contributed by atoms with Gasteiger partial charge >= 0.3 is 0 Å².